The summed E-state index contributed by atoms with van der Waals surface area (Å²) >= 11 is 0. The molecule has 8 heteroatoms. The van der Waals surface area contributed by atoms with Gasteiger partial charge in [0.2, 0.25) is 0 Å². The maximum atomic E-state index is 13.5. The molecule has 1 aromatic carbocycles. The summed E-state index contributed by atoms with van der Waals surface area (Å²) in [5.74, 6) is 2.10. The number of benzene rings is 1. The van der Waals surface area contributed by atoms with Crippen LogP contribution in [0.3, 0.4) is 0 Å². The first-order chi connectivity index (χ1) is 17.1. The molecule has 0 radical (unpaired) electrons. The van der Waals surface area contributed by atoms with Gasteiger partial charge in [0.25, 0.3) is 5.91 Å². The van der Waals surface area contributed by atoms with E-state index in [2.05, 4.69) is 27.1 Å². The van der Waals surface area contributed by atoms with Gasteiger partial charge < -0.3 is 19.7 Å². The second-order valence-corrected chi connectivity index (χ2v) is 10.2. The molecule has 5 rings (SSSR count). The number of hydrogen-bond acceptors (Lipinski definition) is 7. The number of hydrogen-bond donors (Lipinski definition) is 1. The van der Waals surface area contributed by atoms with E-state index in [9.17, 15) is 4.79 Å². The summed E-state index contributed by atoms with van der Waals surface area (Å²) in [5, 5.41) is 3.40. The molecule has 1 aromatic heterocycles. The van der Waals surface area contributed by atoms with Gasteiger partial charge in [-0.25, -0.2) is 4.98 Å². The zero-order valence-corrected chi connectivity index (χ0v) is 20.7. The number of aromatic nitrogens is 2. The predicted octanol–water partition coefficient (Wildman–Crippen LogP) is 3.20. The maximum absolute atomic E-state index is 13.5. The van der Waals surface area contributed by atoms with Crippen molar-refractivity contribution in [1.82, 2.24) is 20.2 Å². The van der Waals surface area contributed by atoms with Crippen LogP contribution in [0, 0.1) is 5.92 Å². The van der Waals surface area contributed by atoms with Crippen LogP contribution in [-0.2, 0) is 9.53 Å². The van der Waals surface area contributed by atoms with Crippen molar-refractivity contribution in [3.8, 4) is 5.75 Å². The fourth-order valence-electron chi connectivity index (χ4n) is 5.55. The van der Waals surface area contributed by atoms with Crippen molar-refractivity contribution in [3.63, 3.8) is 0 Å². The largest absolute Gasteiger partial charge is 0.494 e. The van der Waals surface area contributed by atoms with Gasteiger partial charge in [0.1, 0.15) is 5.75 Å². The smallest absolute Gasteiger partial charge is 0.262 e. The molecule has 0 bridgehead atoms. The van der Waals surface area contributed by atoms with E-state index in [1.54, 1.807) is 23.5 Å². The zero-order chi connectivity index (χ0) is 24.1. The van der Waals surface area contributed by atoms with Crippen molar-refractivity contribution in [3.05, 3.63) is 48.4 Å². The average Bonchev–Trinajstić information content (AvgIpc) is 2.89. The van der Waals surface area contributed by atoms with Gasteiger partial charge in [-0.1, -0.05) is 19.1 Å². The van der Waals surface area contributed by atoms with Gasteiger partial charge in [0, 0.05) is 25.5 Å². The quantitative estimate of drug-likeness (QED) is 0.611. The van der Waals surface area contributed by atoms with Gasteiger partial charge >= 0.3 is 0 Å². The molecule has 3 aliphatic heterocycles. The molecule has 3 fully saturated rings. The van der Waals surface area contributed by atoms with Gasteiger partial charge in [-0.2, -0.15) is 0 Å². The van der Waals surface area contributed by atoms with Gasteiger partial charge in [-0.3, -0.25) is 14.7 Å². The molecule has 35 heavy (non-hydrogen) atoms. The second kappa shape index (κ2) is 11.0. The van der Waals surface area contributed by atoms with E-state index in [-0.39, 0.29) is 11.5 Å². The van der Waals surface area contributed by atoms with Crippen molar-refractivity contribution >= 4 is 11.7 Å². The highest BCUT2D eigenvalue weighted by Gasteiger charge is 2.47. The van der Waals surface area contributed by atoms with E-state index >= 15 is 0 Å². The second-order valence-electron chi connectivity index (χ2n) is 10.2. The van der Waals surface area contributed by atoms with E-state index in [0.717, 1.165) is 56.1 Å². The minimum absolute atomic E-state index is 0.0981. The Hall–Kier alpha value is -2.55. The van der Waals surface area contributed by atoms with Crippen LogP contribution in [0.4, 0.5) is 5.82 Å². The Balaban J connectivity index is 1.23. The number of carbonyl (C=O) groups is 1. The van der Waals surface area contributed by atoms with Crippen molar-refractivity contribution in [2.24, 2.45) is 5.92 Å². The molecule has 0 saturated carbocycles. The molecule has 1 N–H and O–H groups in total. The fraction of sp³-hybridized carbons (Fsp3) is 0.593. The van der Waals surface area contributed by atoms with E-state index in [0.29, 0.717) is 19.0 Å². The Morgan fingerprint density at radius 3 is 2.77 bits per heavy atom. The molecule has 8 nitrogen and oxygen atoms in total. The maximum Gasteiger partial charge on any atom is 0.262 e. The molecule has 0 aliphatic carbocycles. The number of nitrogens with zero attached hydrogens (tertiary/aromatic N) is 4. The molecular weight excluding hydrogens is 442 g/mol. The van der Waals surface area contributed by atoms with Crippen LogP contribution in [0.1, 0.15) is 50.7 Å². The lowest BCUT2D eigenvalue weighted by Crippen LogP contribution is -2.59. The number of morpholine rings is 1. The Labute approximate surface area is 208 Å². The number of likely N-dealkylation sites (tertiary alicyclic amines) is 1. The van der Waals surface area contributed by atoms with Crippen LogP contribution in [0.25, 0.3) is 0 Å². The van der Waals surface area contributed by atoms with Gasteiger partial charge in [0.15, 0.2) is 11.9 Å². The number of piperidine rings is 2. The van der Waals surface area contributed by atoms with Gasteiger partial charge in [-0.15, -0.1) is 0 Å². The number of ether oxygens (including phenoxy) is 2. The number of anilines is 1. The molecular formula is C27H37N5O3. The molecule has 1 unspecified atom stereocenters. The summed E-state index contributed by atoms with van der Waals surface area (Å²) in [4.78, 5) is 26.4. The SMILES string of the molecule is C[C@H]1CCCN(CCCOc2ccc(C3OC4(CCNCC4)CN(c4cnccn4)C3=O)cc2)C1. The van der Waals surface area contributed by atoms with Gasteiger partial charge in [-0.05, 0) is 75.4 Å². The summed E-state index contributed by atoms with van der Waals surface area (Å²) in [6.45, 7) is 8.77. The lowest BCUT2D eigenvalue weighted by atomic mass is 9.88. The first-order valence-corrected chi connectivity index (χ1v) is 13.0. The molecule has 1 amide bonds. The van der Waals surface area contributed by atoms with Crippen LogP contribution in [0.5, 0.6) is 5.75 Å². The molecule has 2 atom stereocenters. The number of carbonyl (C=O) groups excluding carboxylic acids is 1. The standard InChI is InChI=1S/C27H37N5O3/c1-21-4-2-15-31(19-21)16-3-17-34-23-7-5-22(6-8-23)25-26(33)32(24-18-29-13-14-30-24)20-27(35-25)9-11-28-12-10-27/h5-8,13-14,18,21,25,28H,2-4,9-12,15-17,19-20H2,1H3/t21-,25?/m0/s1. The van der Waals surface area contributed by atoms with Crippen LogP contribution in [0.15, 0.2) is 42.9 Å². The summed E-state index contributed by atoms with van der Waals surface area (Å²) in [7, 11) is 0. The first kappa shape index (κ1) is 24.2. The predicted molar refractivity (Wildman–Crippen MR) is 134 cm³/mol. The highest BCUT2D eigenvalue weighted by molar-refractivity contribution is 5.97. The van der Waals surface area contributed by atoms with Gasteiger partial charge in [0.05, 0.1) is 24.9 Å². The fourth-order valence-corrected chi connectivity index (χ4v) is 5.55. The summed E-state index contributed by atoms with van der Waals surface area (Å²) in [6, 6.07) is 7.81. The third-order valence-electron chi connectivity index (χ3n) is 7.46. The van der Waals surface area contributed by atoms with Crippen LogP contribution >= 0.6 is 0 Å². The van der Waals surface area contributed by atoms with Crippen molar-refractivity contribution < 1.29 is 14.3 Å². The first-order valence-electron chi connectivity index (χ1n) is 13.0. The molecule has 2 aromatic rings. The summed E-state index contributed by atoms with van der Waals surface area (Å²) < 4.78 is 12.6. The molecule has 3 saturated heterocycles. The van der Waals surface area contributed by atoms with E-state index < -0.39 is 6.10 Å². The summed E-state index contributed by atoms with van der Waals surface area (Å²) in [6.07, 6.45) is 9.60. The van der Waals surface area contributed by atoms with Crippen LogP contribution < -0.4 is 15.0 Å². The Bertz CT molecular complexity index is 965. The Morgan fingerprint density at radius 1 is 1.20 bits per heavy atom. The topological polar surface area (TPSA) is 79.8 Å². The van der Waals surface area contributed by atoms with Crippen molar-refractivity contribution in [1.29, 1.82) is 0 Å². The average molecular weight is 480 g/mol. The third-order valence-corrected chi connectivity index (χ3v) is 7.46. The Morgan fingerprint density at radius 2 is 2.03 bits per heavy atom. The highest BCUT2D eigenvalue weighted by Crippen LogP contribution is 2.39. The van der Waals surface area contributed by atoms with E-state index in [1.165, 1.54) is 25.9 Å². The highest BCUT2D eigenvalue weighted by atomic mass is 16.5. The lowest BCUT2D eigenvalue weighted by Gasteiger charge is -2.47. The number of amides is 1. The number of nitrogens with one attached hydrogen (secondary N) is 1. The monoisotopic (exact) mass is 479 g/mol. The van der Waals surface area contributed by atoms with Crippen LogP contribution in [0.2, 0.25) is 0 Å². The normalized spacial score (nSPS) is 25.1. The van der Waals surface area contributed by atoms with E-state index in [1.807, 2.05) is 24.3 Å². The summed E-state index contributed by atoms with van der Waals surface area (Å²) in [5.41, 5.74) is 0.457. The van der Waals surface area contributed by atoms with Crippen molar-refractivity contribution in [2.45, 2.75) is 50.7 Å². The molecule has 4 heterocycles. The van der Waals surface area contributed by atoms with Crippen molar-refractivity contribution in [2.75, 3.05) is 50.8 Å². The molecule has 1 spiro atoms. The molecule has 188 valence electrons. The number of rotatable bonds is 7. The molecule has 3 aliphatic rings. The lowest BCUT2D eigenvalue weighted by molar-refractivity contribution is -0.161. The third kappa shape index (κ3) is 5.82. The Kier molecular flexibility index (Phi) is 7.60. The minimum atomic E-state index is -0.668. The van der Waals surface area contributed by atoms with E-state index in [4.69, 9.17) is 9.47 Å². The zero-order valence-electron chi connectivity index (χ0n) is 20.7. The minimum Gasteiger partial charge on any atom is -0.494 e. The van der Waals surface area contributed by atoms with Crippen LogP contribution in [-0.4, -0.2) is 72.3 Å².